The lowest BCUT2D eigenvalue weighted by atomic mass is 10.2. The average molecular weight is 318 g/mol. The number of nitrogens with one attached hydrogen (secondary N) is 1. The first kappa shape index (κ1) is 15.7. The normalized spacial score (nSPS) is 10.2. The van der Waals surface area contributed by atoms with Crippen LogP contribution in [0.1, 0.15) is 16.2 Å². The van der Waals surface area contributed by atoms with E-state index in [4.69, 9.17) is 0 Å². The summed E-state index contributed by atoms with van der Waals surface area (Å²) in [6, 6.07) is 18.9. The number of anilines is 2. The van der Waals surface area contributed by atoms with E-state index in [1.54, 1.807) is 30.4 Å². The lowest BCUT2D eigenvalue weighted by molar-refractivity contribution is 0.0988. The summed E-state index contributed by atoms with van der Waals surface area (Å²) in [6.45, 7) is 0.590. The van der Waals surface area contributed by atoms with Crippen LogP contribution in [0.2, 0.25) is 0 Å². The zero-order valence-electron chi connectivity index (χ0n) is 13.4. The number of aromatic nitrogens is 2. The second-order valence-electron chi connectivity index (χ2n) is 5.30. The Morgan fingerprint density at radius 3 is 2.54 bits per heavy atom. The van der Waals surface area contributed by atoms with Crippen molar-refractivity contribution in [3.05, 3.63) is 84.4 Å². The van der Waals surface area contributed by atoms with Gasteiger partial charge in [-0.25, -0.2) is 0 Å². The summed E-state index contributed by atoms with van der Waals surface area (Å²) in [5, 5.41) is 3.26. The van der Waals surface area contributed by atoms with Crippen LogP contribution < -0.4 is 10.2 Å². The summed E-state index contributed by atoms with van der Waals surface area (Å²) in [5.41, 5.74) is 2.99. The molecule has 0 fully saturated rings. The van der Waals surface area contributed by atoms with Crippen molar-refractivity contribution in [2.45, 2.75) is 6.54 Å². The Labute approximate surface area is 141 Å². The van der Waals surface area contributed by atoms with Crippen LogP contribution in [0, 0.1) is 0 Å². The molecule has 0 saturated carbocycles. The van der Waals surface area contributed by atoms with Gasteiger partial charge in [0.1, 0.15) is 5.69 Å². The van der Waals surface area contributed by atoms with Crippen LogP contribution in [-0.4, -0.2) is 22.9 Å². The van der Waals surface area contributed by atoms with Gasteiger partial charge in [0.2, 0.25) is 0 Å². The van der Waals surface area contributed by atoms with Gasteiger partial charge < -0.3 is 10.2 Å². The van der Waals surface area contributed by atoms with Crippen LogP contribution in [0.4, 0.5) is 11.4 Å². The first-order valence-electron chi connectivity index (χ1n) is 7.67. The second kappa shape index (κ2) is 7.37. The molecule has 1 N–H and O–H groups in total. The quantitative estimate of drug-likeness (QED) is 0.783. The zero-order valence-corrected chi connectivity index (χ0v) is 13.4. The maximum absolute atomic E-state index is 12.6. The van der Waals surface area contributed by atoms with Gasteiger partial charge in [0, 0.05) is 30.8 Å². The van der Waals surface area contributed by atoms with Gasteiger partial charge in [0.25, 0.3) is 5.91 Å². The molecule has 5 heteroatoms. The Kier molecular flexibility index (Phi) is 4.81. The maximum atomic E-state index is 12.6. The Bertz CT molecular complexity index is 806. The summed E-state index contributed by atoms with van der Waals surface area (Å²) in [4.78, 5) is 22.6. The molecule has 0 saturated heterocycles. The standard InChI is InChI=1S/C19H18N4O/c1-23(17-8-3-2-4-9-17)19(24)18-13-15(10-12-21-18)22-14-16-7-5-6-11-20-16/h2-13H,14H2,1H3,(H,21,22). The number of nitrogens with zero attached hydrogens (tertiary/aromatic N) is 3. The van der Waals surface area contributed by atoms with Crippen molar-refractivity contribution < 1.29 is 4.79 Å². The second-order valence-corrected chi connectivity index (χ2v) is 5.30. The van der Waals surface area contributed by atoms with Gasteiger partial charge in [-0.2, -0.15) is 0 Å². The third-order valence-electron chi connectivity index (χ3n) is 3.63. The van der Waals surface area contributed by atoms with E-state index < -0.39 is 0 Å². The van der Waals surface area contributed by atoms with E-state index in [0.717, 1.165) is 17.1 Å². The Balaban J connectivity index is 1.71. The van der Waals surface area contributed by atoms with E-state index in [2.05, 4.69) is 15.3 Å². The monoisotopic (exact) mass is 318 g/mol. The third kappa shape index (κ3) is 3.76. The number of pyridine rings is 2. The summed E-state index contributed by atoms with van der Waals surface area (Å²) in [6.07, 6.45) is 3.39. The number of amides is 1. The molecule has 2 aromatic heterocycles. The first-order valence-corrected chi connectivity index (χ1v) is 7.67. The highest BCUT2D eigenvalue weighted by molar-refractivity contribution is 6.04. The Morgan fingerprint density at radius 2 is 1.79 bits per heavy atom. The summed E-state index contributed by atoms with van der Waals surface area (Å²) < 4.78 is 0. The number of hydrogen-bond donors (Lipinski definition) is 1. The number of rotatable bonds is 5. The summed E-state index contributed by atoms with van der Waals surface area (Å²) >= 11 is 0. The van der Waals surface area contributed by atoms with E-state index in [0.29, 0.717) is 12.2 Å². The molecule has 1 aromatic carbocycles. The fourth-order valence-corrected chi connectivity index (χ4v) is 2.29. The SMILES string of the molecule is CN(C(=O)c1cc(NCc2ccccn2)ccn1)c1ccccc1. The average Bonchev–Trinajstić information content (AvgIpc) is 2.67. The van der Waals surface area contributed by atoms with E-state index in [1.165, 1.54) is 0 Å². The van der Waals surface area contributed by atoms with Crippen molar-refractivity contribution in [1.29, 1.82) is 0 Å². The van der Waals surface area contributed by atoms with Crippen molar-refractivity contribution >= 4 is 17.3 Å². The lowest BCUT2D eigenvalue weighted by Gasteiger charge is -2.17. The fourth-order valence-electron chi connectivity index (χ4n) is 2.29. The Morgan fingerprint density at radius 1 is 1.00 bits per heavy atom. The molecule has 0 aliphatic carbocycles. The molecule has 2 heterocycles. The van der Waals surface area contributed by atoms with Crippen LogP contribution in [0.15, 0.2) is 73.1 Å². The van der Waals surface area contributed by atoms with Crippen LogP contribution in [-0.2, 0) is 6.54 Å². The van der Waals surface area contributed by atoms with Gasteiger partial charge in [0.15, 0.2) is 0 Å². The van der Waals surface area contributed by atoms with E-state index in [9.17, 15) is 4.79 Å². The zero-order chi connectivity index (χ0) is 16.8. The van der Waals surface area contributed by atoms with Crippen molar-refractivity contribution in [2.24, 2.45) is 0 Å². The predicted octanol–water partition coefficient (Wildman–Crippen LogP) is 3.37. The molecule has 0 aliphatic rings. The molecule has 0 spiro atoms. The molecule has 3 aromatic rings. The number of carbonyl (C=O) groups excluding carboxylic acids is 1. The number of benzene rings is 1. The summed E-state index contributed by atoms with van der Waals surface area (Å²) in [5.74, 6) is -0.150. The van der Waals surface area contributed by atoms with Gasteiger partial charge in [-0.1, -0.05) is 24.3 Å². The van der Waals surface area contributed by atoms with Crippen LogP contribution >= 0.6 is 0 Å². The maximum Gasteiger partial charge on any atom is 0.276 e. The van der Waals surface area contributed by atoms with Crippen molar-refractivity contribution in [3.63, 3.8) is 0 Å². The summed E-state index contributed by atoms with van der Waals surface area (Å²) in [7, 11) is 1.74. The molecule has 0 aliphatic heterocycles. The molecule has 0 bridgehead atoms. The highest BCUT2D eigenvalue weighted by Gasteiger charge is 2.15. The predicted molar refractivity (Wildman–Crippen MR) is 95.0 cm³/mol. The smallest absolute Gasteiger partial charge is 0.276 e. The topological polar surface area (TPSA) is 58.1 Å². The molecule has 24 heavy (non-hydrogen) atoms. The minimum Gasteiger partial charge on any atom is -0.379 e. The minimum absolute atomic E-state index is 0.150. The molecule has 5 nitrogen and oxygen atoms in total. The highest BCUT2D eigenvalue weighted by Crippen LogP contribution is 2.16. The highest BCUT2D eigenvalue weighted by atomic mass is 16.2. The van der Waals surface area contributed by atoms with Crippen LogP contribution in [0.25, 0.3) is 0 Å². The molecule has 3 rings (SSSR count). The van der Waals surface area contributed by atoms with Crippen LogP contribution in [0.3, 0.4) is 0 Å². The van der Waals surface area contributed by atoms with Gasteiger partial charge >= 0.3 is 0 Å². The Hall–Kier alpha value is -3.21. The number of carbonyl (C=O) groups is 1. The van der Waals surface area contributed by atoms with Gasteiger partial charge in [-0.05, 0) is 36.4 Å². The van der Waals surface area contributed by atoms with Crippen molar-refractivity contribution in [2.75, 3.05) is 17.3 Å². The molecule has 0 unspecified atom stereocenters. The third-order valence-corrected chi connectivity index (χ3v) is 3.63. The lowest BCUT2D eigenvalue weighted by Crippen LogP contribution is -2.27. The van der Waals surface area contributed by atoms with E-state index in [-0.39, 0.29) is 5.91 Å². The van der Waals surface area contributed by atoms with Gasteiger partial charge in [0.05, 0.1) is 12.2 Å². The number of hydrogen-bond acceptors (Lipinski definition) is 4. The number of para-hydroxylation sites is 1. The molecular formula is C19H18N4O. The van der Waals surface area contributed by atoms with Crippen molar-refractivity contribution in [3.8, 4) is 0 Å². The minimum atomic E-state index is -0.150. The molecular weight excluding hydrogens is 300 g/mol. The molecule has 1 amide bonds. The van der Waals surface area contributed by atoms with Crippen LogP contribution in [0.5, 0.6) is 0 Å². The first-order chi connectivity index (χ1) is 11.7. The fraction of sp³-hybridized carbons (Fsp3) is 0.105. The van der Waals surface area contributed by atoms with Gasteiger partial charge in [-0.3, -0.25) is 14.8 Å². The molecule has 120 valence electrons. The molecule has 0 radical (unpaired) electrons. The van der Waals surface area contributed by atoms with Crippen molar-refractivity contribution in [1.82, 2.24) is 9.97 Å². The molecule has 0 atom stereocenters. The van der Waals surface area contributed by atoms with E-state index >= 15 is 0 Å². The van der Waals surface area contributed by atoms with Gasteiger partial charge in [-0.15, -0.1) is 0 Å². The largest absolute Gasteiger partial charge is 0.379 e. The van der Waals surface area contributed by atoms with E-state index in [1.807, 2.05) is 54.6 Å².